The molecule has 1 saturated heterocycles. The van der Waals surface area contributed by atoms with Crippen LogP contribution in [0.3, 0.4) is 0 Å². The van der Waals surface area contributed by atoms with Crippen LogP contribution in [0.4, 0.5) is 5.69 Å². The molecule has 0 radical (unpaired) electrons. The van der Waals surface area contributed by atoms with Crippen LogP contribution < -0.4 is 10.6 Å². The van der Waals surface area contributed by atoms with Crippen molar-refractivity contribution in [2.45, 2.75) is 17.7 Å². The number of unbranched alkanes of at least 4 members (excludes halogenated alkanes) is 1. The van der Waals surface area contributed by atoms with Gasteiger partial charge >= 0.3 is 5.69 Å². The lowest BCUT2D eigenvalue weighted by atomic mass is 10.1. The third-order valence-electron chi connectivity index (χ3n) is 6.58. The van der Waals surface area contributed by atoms with Gasteiger partial charge in [0.1, 0.15) is 0 Å². The molecule has 0 saturated carbocycles. The van der Waals surface area contributed by atoms with E-state index < -0.39 is 10.0 Å². The first-order valence-corrected chi connectivity index (χ1v) is 13.6. The molecule has 1 aromatic heterocycles. The SMILES string of the molecule is O=c1[nH]c2cccc(N3CCN(CCCCN(Cl)S(=O)(=O)c4ccc5ccccc5c4)CC3)c2[nH]1. The highest BCUT2D eigenvalue weighted by atomic mass is 35.5. The van der Waals surface area contributed by atoms with Crippen LogP contribution >= 0.6 is 11.8 Å². The zero-order chi connectivity index (χ0) is 24.4. The smallest absolute Gasteiger partial charge is 0.323 e. The van der Waals surface area contributed by atoms with Gasteiger partial charge in [-0.2, -0.15) is 0 Å². The summed E-state index contributed by atoms with van der Waals surface area (Å²) in [6.07, 6.45) is 1.54. The maximum atomic E-state index is 12.9. The summed E-state index contributed by atoms with van der Waals surface area (Å²) >= 11 is 6.21. The number of rotatable bonds is 8. The van der Waals surface area contributed by atoms with Crippen LogP contribution in [-0.2, 0) is 10.0 Å². The lowest BCUT2D eigenvalue weighted by Gasteiger charge is -2.36. The fourth-order valence-electron chi connectivity index (χ4n) is 4.65. The van der Waals surface area contributed by atoms with Crippen molar-refractivity contribution < 1.29 is 8.42 Å². The summed E-state index contributed by atoms with van der Waals surface area (Å²) in [7, 11) is -3.74. The first-order valence-electron chi connectivity index (χ1n) is 11.8. The standard InChI is InChI=1S/C25H28ClN5O3S/c26-31(35(33,34)21-11-10-19-6-1-2-7-20(19)18-21)13-4-3-12-29-14-16-30(17-15-29)23-9-5-8-22-24(23)28-25(32)27-22/h1-2,5-11,18H,3-4,12-17H2,(H2,27,28,32). The molecule has 0 atom stereocenters. The van der Waals surface area contributed by atoms with Gasteiger partial charge in [0.2, 0.25) is 0 Å². The summed E-state index contributed by atoms with van der Waals surface area (Å²) in [5.74, 6) is 0. The first-order chi connectivity index (χ1) is 16.9. The molecule has 10 heteroatoms. The van der Waals surface area contributed by atoms with Crippen molar-refractivity contribution in [1.29, 1.82) is 0 Å². The second kappa shape index (κ2) is 10.0. The van der Waals surface area contributed by atoms with Crippen LogP contribution in [0.5, 0.6) is 0 Å². The van der Waals surface area contributed by atoms with E-state index in [1.165, 1.54) is 0 Å². The van der Waals surface area contributed by atoms with Gasteiger partial charge in [-0.3, -0.25) is 4.90 Å². The second-order valence-electron chi connectivity index (χ2n) is 8.84. The zero-order valence-corrected chi connectivity index (χ0v) is 20.9. The Hall–Kier alpha value is -2.85. The van der Waals surface area contributed by atoms with Crippen molar-refractivity contribution in [2.24, 2.45) is 0 Å². The minimum Gasteiger partial charge on any atom is -0.367 e. The molecule has 2 N–H and O–H groups in total. The quantitative estimate of drug-likeness (QED) is 0.276. The number of nitrogens with one attached hydrogen (secondary N) is 2. The van der Waals surface area contributed by atoms with Gasteiger partial charge in [-0.05, 0) is 66.2 Å². The van der Waals surface area contributed by atoms with Gasteiger partial charge < -0.3 is 14.9 Å². The summed E-state index contributed by atoms with van der Waals surface area (Å²) in [6, 6.07) is 18.6. The predicted octanol–water partition coefficient (Wildman–Crippen LogP) is 3.76. The normalized spacial score (nSPS) is 15.4. The van der Waals surface area contributed by atoms with Crippen LogP contribution in [0.2, 0.25) is 0 Å². The van der Waals surface area contributed by atoms with E-state index in [1.807, 2.05) is 42.5 Å². The molecule has 4 aromatic rings. The minimum absolute atomic E-state index is 0.193. The van der Waals surface area contributed by atoms with E-state index in [-0.39, 0.29) is 17.1 Å². The Morgan fingerprint density at radius 1 is 0.886 bits per heavy atom. The highest BCUT2D eigenvalue weighted by Crippen LogP contribution is 2.25. The third-order valence-corrected chi connectivity index (χ3v) is 8.85. The minimum atomic E-state index is -3.74. The summed E-state index contributed by atoms with van der Waals surface area (Å²) in [5.41, 5.74) is 2.51. The van der Waals surface area contributed by atoms with Gasteiger partial charge in [-0.15, -0.1) is 3.82 Å². The molecular weight excluding hydrogens is 486 g/mol. The van der Waals surface area contributed by atoms with Gasteiger partial charge in [-0.25, -0.2) is 13.2 Å². The molecule has 2 heterocycles. The van der Waals surface area contributed by atoms with Crippen LogP contribution in [0, 0.1) is 0 Å². The Bertz CT molecular complexity index is 1490. The lowest BCUT2D eigenvalue weighted by Crippen LogP contribution is -2.46. The number of fused-ring (bicyclic) bond motifs is 2. The van der Waals surface area contributed by atoms with E-state index in [1.54, 1.807) is 18.2 Å². The molecule has 8 nitrogen and oxygen atoms in total. The Morgan fingerprint density at radius 3 is 2.46 bits per heavy atom. The molecule has 35 heavy (non-hydrogen) atoms. The maximum absolute atomic E-state index is 12.9. The molecule has 0 unspecified atom stereocenters. The molecule has 5 rings (SSSR count). The number of H-pyrrole nitrogens is 2. The largest absolute Gasteiger partial charge is 0.367 e. The molecule has 0 aliphatic carbocycles. The highest BCUT2D eigenvalue weighted by molar-refractivity contribution is 7.90. The van der Waals surface area contributed by atoms with Crippen LogP contribution in [0.1, 0.15) is 12.8 Å². The van der Waals surface area contributed by atoms with Gasteiger partial charge in [-0.1, -0.05) is 36.4 Å². The number of nitrogens with zero attached hydrogens (tertiary/aromatic N) is 3. The van der Waals surface area contributed by atoms with E-state index in [2.05, 4.69) is 19.8 Å². The zero-order valence-electron chi connectivity index (χ0n) is 19.3. The molecule has 1 fully saturated rings. The molecule has 3 aromatic carbocycles. The fraction of sp³-hybridized carbons (Fsp3) is 0.320. The number of anilines is 1. The topological polar surface area (TPSA) is 92.5 Å². The van der Waals surface area contributed by atoms with Gasteiger partial charge in [0, 0.05) is 32.7 Å². The molecule has 184 valence electrons. The Balaban J connectivity index is 1.10. The lowest BCUT2D eigenvalue weighted by molar-refractivity contribution is 0.252. The average Bonchev–Trinajstić information content (AvgIpc) is 3.27. The van der Waals surface area contributed by atoms with Crippen molar-refractivity contribution >= 4 is 49.3 Å². The average molecular weight is 514 g/mol. The van der Waals surface area contributed by atoms with Crippen molar-refractivity contribution in [3.63, 3.8) is 0 Å². The number of aromatic nitrogens is 2. The molecular formula is C25H28ClN5O3S. The summed E-state index contributed by atoms with van der Waals surface area (Å²) in [6.45, 7) is 4.70. The number of para-hydroxylation sites is 1. The molecule has 0 bridgehead atoms. The molecule has 0 amide bonds. The van der Waals surface area contributed by atoms with E-state index in [0.29, 0.717) is 6.42 Å². The second-order valence-corrected chi connectivity index (χ2v) is 11.3. The summed E-state index contributed by atoms with van der Waals surface area (Å²) in [5, 5.41) is 1.86. The van der Waals surface area contributed by atoms with Crippen molar-refractivity contribution in [2.75, 3.05) is 44.2 Å². The van der Waals surface area contributed by atoms with Gasteiger partial charge in [0.05, 0.1) is 21.6 Å². The maximum Gasteiger partial charge on any atom is 0.323 e. The number of imidazole rings is 1. The van der Waals surface area contributed by atoms with Crippen LogP contribution in [0.15, 0.2) is 70.4 Å². The third kappa shape index (κ3) is 5.08. The van der Waals surface area contributed by atoms with E-state index >= 15 is 0 Å². The number of sulfonamides is 1. The van der Waals surface area contributed by atoms with Gasteiger partial charge in [0.25, 0.3) is 10.0 Å². The highest BCUT2D eigenvalue weighted by Gasteiger charge is 2.23. The van der Waals surface area contributed by atoms with Crippen molar-refractivity contribution in [3.05, 3.63) is 71.1 Å². The predicted molar refractivity (Wildman–Crippen MR) is 140 cm³/mol. The fourth-order valence-corrected chi connectivity index (χ4v) is 6.13. The van der Waals surface area contributed by atoms with Gasteiger partial charge in [0.15, 0.2) is 0 Å². The van der Waals surface area contributed by atoms with E-state index in [9.17, 15) is 13.2 Å². The van der Waals surface area contributed by atoms with E-state index in [0.717, 1.165) is 70.5 Å². The van der Waals surface area contributed by atoms with Crippen LogP contribution in [0.25, 0.3) is 21.8 Å². The summed E-state index contributed by atoms with van der Waals surface area (Å²) in [4.78, 5) is 22.3. The molecule has 1 aliphatic rings. The van der Waals surface area contributed by atoms with E-state index in [4.69, 9.17) is 11.8 Å². The number of benzene rings is 3. The number of hydrogen-bond donors (Lipinski definition) is 2. The number of piperazine rings is 1. The Labute approximate surface area is 209 Å². The van der Waals surface area contributed by atoms with Crippen molar-refractivity contribution in [3.8, 4) is 0 Å². The monoisotopic (exact) mass is 513 g/mol. The molecule has 0 spiro atoms. The Kier molecular flexibility index (Phi) is 6.84. The van der Waals surface area contributed by atoms with Crippen molar-refractivity contribution in [1.82, 2.24) is 18.7 Å². The number of hydrogen-bond acceptors (Lipinski definition) is 5. The Morgan fingerprint density at radius 2 is 1.66 bits per heavy atom. The first kappa shape index (κ1) is 23.9. The number of halogens is 1. The summed E-state index contributed by atoms with van der Waals surface area (Å²) < 4.78 is 26.7. The van der Waals surface area contributed by atoms with Crippen LogP contribution in [-0.4, -0.2) is 66.4 Å². The number of aromatic amines is 2. The molecule has 1 aliphatic heterocycles.